The van der Waals surface area contributed by atoms with E-state index in [4.69, 9.17) is 0 Å². The van der Waals surface area contributed by atoms with Crippen LogP contribution in [0.5, 0.6) is 0 Å². The Morgan fingerprint density at radius 1 is 1.26 bits per heavy atom. The number of aromatic nitrogens is 4. The predicted molar refractivity (Wildman–Crippen MR) is 72.3 cm³/mol. The van der Waals surface area contributed by atoms with E-state index >= 15 is 0 Å². The maximum Gasteiger partial charge on any atom is 0.140 e. The summed E-state index contributed by atoms with van der Waals surface area (Å²) in [6.45, 7) is 1.91. The van der Waals surface area contributed by atoms with Crippen molar-refractivity contribution in [1.29, 1.82) is 0 Å². The highest BCUT2D eigenvalue weighted by atomic mass is 32.1. The van der Waals surface area contributed by atoms with Crippen molar-refractivity contribution in [3.8, 4) is 5.69 Å². The van der Waals surface area contributed by atoms with E-state index in [1.54, 1.807) is 10.9 Å². The van der Waals surface area contributed by atoms with Crippen molar-refractivity contribution in [2.75, 3.05) is 0 Å². The molecule has 0 aliphatic heterocycles. The van der Waals surface area contributed by atoms with Gasteiger partial charge >= 0.3 is 0 Å². The molecule has 0 fully saturated rings. The molecule has 0 amide bonds. The molecule has 0 saturated heterocycles. The Morgan fingerprint density at radius 3 is 2.74 bits per heavy atom. The van der Waals surface area contributed by atoms with Gasteiger partial charge in [0.15, 0.2) is 0 Å². The van der Waals surface area contributed by atoms with Gasteiger partial charge in [0.1, 0.15) is 6.10 Å². The monoisotopic (exact) mass is 272 g/mol. The minimum absolute atomic E-state index is 0.608. The number of aliphatic hydroxyl groups is 1. The molecule has 2 aromatic heterocycles. The molecular weight excluding hydrogens is 260 g/mol. The van der Waals surface area contributed by atoms with Crippen LogP contribution in [0.25, 0.3) is 5.69 Å². The van der Waals surface area contributed by atoms with Gasteiger partial charge in [-0.1, -0.05) is 23.4 Å². The van der Waals surface area contributed by atoms with Gasteiger partial charge in [-0.2, -0.15) is 0 Å². The molecule has 6 heteroatoms. The van der Waals surface area contributed by atoms with Crippen molar-refractivity contribution < 1.29 is 5.11 Å². The zero-order valence-electron chi connectivity index (χ0n) is 10.3. The van der Waals surface area contributed by atoms with Crippen LogP contribution in [0.15, 0.2) is 41.9 Å². The van der Waals surface area contributed by atoms with Crippen molar-refractivity contribution in [1.82, 2.24) is 20.0 Å². The smallest absolute Gasteiger partial charge is 0.140 e. The maximum atomic E-state index is 10.4. The minimum atomic E-state index is -0.819. The Bertz CT molecular complexity index is 677. The van der Waals surface area contributed by atoms with E-state index in [0.717, 1.165) is 10.7 Å². The van der Waals surface area contributed by atoms with E-state index in [1.807, 2.05) is 42.6 Å². The van der Waals surface area contributed by atoms with Gasteiger partial charge < -0.3 is 5.11 Å². The molecule has 5 nitrogen and oxygen atoms in total. The van der Waals surface area contributed by atoms with Gasteiger partial charge in [-0.25, -0.2) is 9.67 Å². The second-order valence-corrected chi connectivity index (χ2v) is 5.16. The third-order valence-corrected chi connectivity index (χ3v) is 3.57. The van der Waals surface area contributed by atoms with E-state index in [1.165, 1.54) is 11.3 Å². The van der Waals surface area contributed by atoms with Crippen LogP contribution in [0.2, 0.25) is 0 Å². The highest BCUT2D eigenvalue weighted by molar-refractivity contribution is 7.09. The Hall–Kier alpha value is -2.05. The molecule has 0 aliphatic carbocycles. The summed E-state index contributed by atoms with van der Waals surface area (Å²) in [5, 5.41) is 21.1. The number of thiazole rings is 1. The van der Waals surface area contributed by atoms with Crippen LogP contribution in [0.3, 0.4) is 0 Å². The van der Waals surface area contributed by atoms with Crippen LogP contribution in [-0.2, 0) is 0 Å². The van der Waals surface area contributed by atoms with E-state index in [2.05, 4.69) is 15.3 Å². The summed E-state index contributed by atoms with van der Waals surface area (Å²) in [5.41, 5.74) is 2.10. The average Bonchev–Trinajstić information content (AvgIpc) is 3.07. The molecule has 19 heavy (non-hydrogen) atoms. The van der Waals surface area contributed by atoms with Crippen molar-refractivity contribution in [2.45, 2.75) is 13.0 Å². The molecule has 0 radical (unpaired) electrons. The topological polar surface area (TPSA) is 63.8 Å². The summed E-state index contributed by atoms with van der Waals surface area (Å²) < 4.78 is 1.62. The fourth-order valence-electron chi connectivity index (χ4n) is 1.86. The molecule has 1 unspecified atom stereocenters. The predicted octanol–water partition coefficient (Wildman–Crippen LogP) is 2.11. The van der Waals surface area contributed by atoms with Crippen molar-refractivity contribution >= 4 is 11.3 Å². The van der Waals surface area contributed by atoms with Gasteiger partial charge in [-0.05, 0) is 19.1 Å². The Kier molecular flexibility index (Phi) is 3.10. The SMILES string of the molecule is Cc1nc(C(O)c2cnnn2-c2ccccc2)cs1. The highest BCUT2D eigenvalue weighted by Crippen LogP contribution is 2.24. The first-order chi connectivity index (χ1) is 9.25. The number of para-hydroxylation sites is 1. The molecule has 0 spiro atoms. The number of hydrogen-bond donors (Lipinski definition) is 1. The molecule has 3 rings (SSSR count). The first-order valence-corrected chi connectivity index (χ1v) is 6.70. The summed E-state index contributed by atoms with van der Waals surface area (Å²) >= 11 is 1.51. The normalized spacial score (nSPS) is 12.5. The van der Waals surface area contributed by atoms with Crippen molar-refractivity contribution in [2.24, 2.45) is 0 Å². The van der Waals surface area contributed by atoms with Crippen molar-refractivity contribution in [3.05, 3.63) is 58.3 Å². The number of aryl methyl sites for hydroxylation is 1. The molecule has 1 atom stereocenters. The van der Waals surface area contributed by atoms with Crippen molar-refractivity contribution in [3.63, 3.8) is 0 Å². The lowest BCUT2D eigenvalue weighted by atomic mass is 10.2. The number of aliphatic hydroxyl groups excluding tert-OH is 1. The average molecular weight is 272 g/mol. The fraction of sp³-hybridized carbons (Fsp3) is 0.154. The first kappa shape index (κ1) is 12.0. The second-order valence-electron chi connectivity index (χ2n) is 4.10. The van der Waals surface area contributed by atoms with E-state index in [0.29, 0.717) is 11.4 Å². The summed E-state index contributed by atoms with van der Waals surface area (Å²) in [5.74, 6) is 0. The third kappa shape index (κ3) is 2.27. The molecule has 3 aromatic rings. The first-order valence-electron chi connectivity index (χ1n) is 5.82. The van der Waals surface area contributed by atoms with Crippen LogP contribution in [0.1, 0.15) is 22.5 Å². The van der Waals surface area contributed by atoms with Gasteiger partial charge in [0.25, 0.3) is 0 Å². The molecule has 1 aromatic carbocycles. The van der Waals surface area contributed by atoms with Gasteiger partial charge in [-0.15, -0.1) is 16.4 Å². The van der Waals surface area contributed by atoms with Gasteiger partial charge in [0.05, 0.1) is 28.3 Å². The quantitative estimate of drug-likeness (QED) is 0.793. The van der Waals surface area contributed by atoms with E-state index < -0.39 is 6.10 Å². The fourth-order valence-corrected chi connectivity index (χ4v) is 2.49. The molecule has 0 aliphatic rings. The Morgan fingerprint density at radius 2 is 2.05 bits per heavy atom. The van der Waals surface area contributed by atoms with Crippen LogP contribution in [-0.4, -0.2) is 25.1 Å². The van der Waals surface area contributed by atoms with Gasteiger partial charge in [0.2, 0.25) is 0 Å². The van der Waals surface area contributed by atoms with E-state index in [-0.39, 0.29) is 0 Å². The molecule has 0 saturated carbocycles. The van der Waals surface area contributed by atoms with Crippen LogP contribution >= 0.6 is 11.3 Å². The zero-order chi connectivity index (χ0) is 13.2. The summed E-state index contributed by atoms with van der Waals surface area (Å²) in [6, 6.07) is 9.59. The molecule has 1 N–H and O–H groups in total. The Balaban J connectivity index is 2.01. The summed E-state index contributed by atoms with van der Waals surface area (Å²) in [7, 11) is 0. The zero-order valence-corrected chi connectivity index (χ0v) is 11.1. The number of hydrogen-bond acceptors (Lipinski definition) is 5. The largest absolute Gasteiger partial charge is 0.380 e. The second kappa shape index (κ2) is 4.91. The van der Waals surface area contributed by atoms with Crippen LogP contribution in [0.4, 0.5) is 0 Å². The Labute approximate surface area is 114 Å². The maximum absolute atomic E-state index is 10.4. The molecule has 2 heterocycles. The number of benzene rings is 1. The lowest BCUT2D eigenvalue weighted by Gasteiger charge is -2.10. The standard InChI is InChI=1S/C13H12N4OS/c1-9-15-11(8-19-9)13(18)12-7-14-16-17(12)10-5-3-2-4-6-10/h2-8,13,18H,1H3. The third-order valence-electron chi connectivity index (χ3n) is 2.77. The number of nitrogens with zero attached hydrogens (tertiary/aromatic N) is 4. The van der Waals surface area contributed by atoms with Crippen LogP contribution in [0, 0.1) is 6.92 Å². The lowest BCUT2D eigenvalue weighted by molar-refractivity contribution is 0.207. The van der Waals surface area contributed by atoms with E-state index in [9.17, 15) is 5.11 Å². The summed E-state index contributed by atoms with van der Waals surface area (Å²) in [4.78, 5) is 4.30. The molecule has 96 valence electrons. The summed E-state index contributed by atoms with van der Waals surface area (Å²) in [6.07, 6.45) is 0.743. The lowest BCUT2D eigenvalue weighted by Crippen LogP contribution is -2.08. The highest BCUT2D eigenvalue weighted by Gasteiger charge is 2.19. The number of rotatable bonds is 3. The molecular formula is C13H12N4OS. The minimum Gasteiger partial charge on any atom is -0.380 e. The van der Waals surface area contributed by atoms with Gasteiger partial charge in [-0.3, -0.25) is 0 Å². The van der Waals surface area contributed by atoms with Gasteiger partial charge in [0, 0.05) is 5.38 Å². The molecule has 0 bridgehead atoms. The van der Waals surface area contributed by atoms with Crippen LogP contribution < -0.4 is 0 Å².